The first-order valence-electron chi connectivity index (χ1n) is 7.80. The van der Waals surface area contributed by atoms with Crippen LogP contribution in [0, 0.1) is 6.92 Å². The molecule has 4 heteroatoms. The van der Waals surface area contributed by atoms with Crippen molar-refractivity contribution < 1.29 is 4.79 Å². The lowest BCUT2D eigenvalue weighted by molar-refractivity contribution is 0.0958. The second-order valence-electron chi connectivity index (χ2n) is 5.54. The molecule has 24 heavy (non-hydrogen) atoms. The zero-order chi connectivity index (χ0) is 16.9. The number of carbonyl (C=O) groups is 1. The zero-order valence-electron chi connectivity index (χ0n) is 13.6. The Labute approximate surface area is 141 Å². The number of benzene rings is 2. The fourth-order valence-corrected chi connectivity index (χ4v) is 2.44. The number of carbonyl (C=O) groups excluding carboxylic acids is 1. The lowest BCUT2D eigenvalue weighted by Crippen LogP contribution is -2.23. The number of nitrogens with one attached hydrogen (secondary N) is 1. The van der Waals surface area contributed by atoms with Gasteiger partial charge < -0.3 is 5.32 Å². The van der Waals surface area contributed by atoms with E-state index >= 15 is 0 Å². The van der Waals surface area contributed by atoms with Crippen LogP contribution in [0.15, 0.2) is 73.4 Å². The normalized spacial score (nSPS) is 10.4. The molecule has 1 heterocycles. The second-order valence-corrected chi connectivity index (χ2v) is 5.54. The first kappa shape index (κ1) is 15.7. The Morgan fingerprint density at radius 1 is 1.17 bits per heavy atom. The van der Waals surface area contributed by atoms with E-state index in [1.54, 1.807) is 17.0 Å². The van der Waals surface area contributed by atoms with Crippen molar-refractivity contribution in [2.45, 2.75) is 6.92 Å². The Balaban J connectivity index is 2.06. The molecule has 0 aliphatic carbocycles. The molecule has 0 aliphatic rings. The van der Waals surface area contributed by atoms with Gasteiger partial charge >= 0.3 is 0 Å². The standard InChI is InChI=1S/C20H19N3O/c1-3-13-21-20(24)18-14-23(17-11-9-15(2)10-12-17)22-19(18)16-7-5-4-6-8-16/h3-12,14H,1,13H2,2H3,(H,21,24). The Kier molecular flexibility index (Phi) is 4.57. The van der Waals surface area contributed by atoms with E-state index in [1.165, 1.54) is 5.56 Å². The van der Waals surface area contributed by atoms with Crippen LogP contribution in [0.1, 0.15) is 15.9 Å². The van der Waals surface area contributed by atoms with Gasteiger partial charge in [-0.3, -0.25) is 4.79 Å². The number of rotatable bonds is 5. The van der Waals surface area contributed by atoms with E-state index in [0.717, 1.165) is 11.3 Å². The maximum atomic E-state index is 12.5. The van der Waals surface area contributed by atoms with E-state index in [1.807, 2.05) is 61.5 Å². The molecular weight excluding hydrogens is 298 g/mol. The van der Waals surface area contributed by atoms with Crippen molar-refractivity contribution in [1.82, 2.24) is 15.1 Å². The summed E-state index contributed by atoms with van der Waals surface area (Å²) in [6.07, 6.45) is 3.43. The van der Waals surface area contributed by atoms with Crippen molar-refractivity contribution in [1.29, 1.82) is 0 Å². The fourth-order valence-electron chi connectivity index (χ4n) is 2.44. The number of hydrogen-bond donors (Lipinski definition) is 1. The van der Waals surface area contributed by atoms with Crippen LogP contribution >= 0.6 is 0 Å². The average Bonchev–Trinajstić information content (AvgIpc) is 3.06. The van der Waals surface area contributed by atoms with E-state index in [0.29, 0.717) is 17.8 Å². The third-order valence-corrected chi connectivity index (χ3v) is 3.71. The molecule has 1 aromatic heterocycles. The molecule has 120 valence electrons. The van der Waals surface area contributed by atoms with Gasteiger partial charge in [-0.1, -0.05) is 54.1 Å². The number of aromatic nitrogens is 2. The van der Waals surface area contributed by atoms with Gasteiger partial charge in [0, 0.05) is 18.3 Å². The van der Waals surface area contributed by atoms with Crippen LogP contribution in [-0.2, 0) is 0 Å². The van der Waals surface area contributed by atoms with Gasteiger partial charge in [0.2, 0.25) is 0 Å². The highest BCUT2D eigenvalue weighted by Gasteiger charge is 2.18. The first-order chi connectivity index (χ1) is 11.7. The predicted molar refractivity (Wildman–Crippen MR) is 96.3 cm³/mol. The van der Waals surface area contributed by atoms with Gasteiger partial charge in [0.05, 0.1) is 11.3 Å². The molecule has 0 aliphatic heterocycles. The minimum atomic E-state index is -0.160. The topological polar surface area (TPSA) is 46.9 Å². The minimum absolute atomic E-state index is 0.160. The molecule has 0 unspecified atom stereocenters. The SMILES string of the molecule is C=CCNC(=O)c1cn(-c2ccc(C)cc2)nc1-c1ccccc1. The summed E-state index contributed by atoms with van der Waals surface area (Å²) in [4.78, 5) is 12.5. The monoisotopic (exact) mass is 317 g/mol. The van der Waals surface area contributed by atoms with Crippen molar-refractivity contribution in [3.8, 4) is 16.9 Å². The second kappa shape index (κ2) is 6.96. The molecule has 1 amide bonds. The van der Waals surface area contributed by atoms with Crippen LogP contribution in [0.3, 0.4) is 0 Å². The molecule has 0 saturated carbocycles. The quantitative estimate of drug-likeness (QED) is 0.728. The third kappa shape index (κ3) is 3.27. The van der Waals surface area contributed by atoms with E-state index in [2.05, 4.69) is 17.0 Å². The maximum Gasteiger partial charge on any atom is 0.255 e. The third-order valence-electron chi connectivity index (χ3n) is 3.71. The minimum Gasteiger partial charge on any atom is -0.348 e. The van der Waals surface area contributed by atoms with Crippen molar-refractivity contribution in [2.24, 2.45) is 0 Å². The molecule has 0 fully saturated rings. The molecule has 3 rings (SSSR count). The maximum absolute atomic E-state index is 12.5. The Morgan fingerprint density at radius 3 is 2.54 bits per heavy atom. The van der Waals surface area contributed by atoms with Crippen molar-refractivity contribution >= 4 is 5.91 Å². The number of aryl methyl sites for hydroxylation is 1. The summed E-state index contributed by atoms with van der Waals surface area (Å²) in [7, 11) is 0. The van der Waals surface area contributed by atoms with E-state index in [-0.39, 0.29) is 5.91 Å². The number of nitrogens with zero attached hydrogens (tertiary/aromatic N) is 2. The number of amides is 1. The largest absolute Gasteiger partial charge is 0.348 e. The molecule has 3 aromatic rings. The lowest BCUT2D eigenvalue weighted by Gasteiger charge is -2.02. The van der Waals surface area contributed by atoms with E-state index < -0.39 is 0 Å². The Hall–Kier alpha value is -3.14. The molecule has 1 N–H and O–H groups in total. The van der Waals surface area contributed by atoms with Gasteiger partial charge in [-0.25, -0.2) is 4.68 Å². The van der Waals surface area contributed by atoms with Gasteiger partial charge in [0.15, 0.2) is 0 Å². The smallest absolute Gasteiger partial charge is 0.255 e. The van der Waals surface area contributed by atoms with Crippen molar-refractivity contribution in [3.63, 3.8) is 0 Å². The van der Waals surface area contributed by atoms with Gasteiger partial charge in [-0.05, 0) is 19.1 Å². The summed E-state index contributed by atoms with van der Waals surface area (Å²) in [6.45, 7) is 6.09. The average molecular weight is 317 g/mol. The van der Waals surface area contributed by atoms with Crippen LogP contribution in [0.5, 0.6) is 0 Å². The zero-order valence-corrected chi connectivity index (χ0v) is 13.6. The summed E-state index contributed by atoms with van der Waals surface area (Å²) in [6, 6.07) is 17.7. The Morgan fingerprint density at radius 2 is 1.88 bits per heavy atom. The van der Waals surface area contributed by atoms with E-state index in [4.69, 9.17) is 0 Å². The predicted octanol–water partition coefficient (Wildman–Crippen LogP) is 3.76. The fraction of sp³-hybridized carbons (Fsp3) is 0.100. The number of hydrogen-bond acceptors (Lipinski definition) is 2. The summed E-state index contributed by atoms with van der Waals surface area (Å²) >= 11 is 0. The summed E-state index contributed by atoms with van der Waals surface area (Å²) in [5.41, 5.74) is 4.21. The molecular formula is C20H19N3O. The van der Waals surface area contributed by atoms with Gasteiger partial charge in [0.25, 0.3) is 5.91 Å². The van der Waals surface area contributed by atoms with Crippen molar-refractivity contribution in [2.75, 3.05) is 6.54 Å². The van der Waals surface area contributed by atoms with Gasteiger partial charge in [-0.15, -0.1) is 6.58 Å². The Bertz CT molecular complexity index is 848. The molecule has 0 saturated heterocycles. The van der Waals surface area contributed by atoms with Crippen LogP contribution in [0.25, 0.3) is 16.9 Å². The van der Waals surface area contributed by atoms with Crippen LogP contribution in [0.2, 0.25) is 0 Å². The molecule has 0 spiro atoms. The molecule has 4 nitrogen and oxygen atoms in total. The summed E-state index contributed by atoms with van der Waals surface area (Å²) < 4.78 is 1.74. The highest BCUT2D eigenvalue weighted by molar-refractivity contribution is 6.00. The molecule has 0 atom stereocenters. The molecule has 0 radical (unpaired) electrons. The van der Waals surface area contributed by atoms with Crippen LogP contribution in [0.4, 0.5) is 0 Å². The first-order valence-corrected chi connectivity index (χ1v) is 7.80. The highest BCUT2D eigenvalue weighted by Crippen LogP contribution is 2.23. The summed E-state index contributed by atoms with van der Waals surface area (Å²) in [5, 5.41) is 7.46. The highest BCUT2D eigenvalue weighted by atomic mass is 16.1. The lowest BCUT2D eigenvalue weighted by atomic mass is 10.1. The van der Waals surface area contributed by atoms with Crippen LogP contribution < -0.4 is 5.32 Å². The molecule has 2 aromatic carbocycles. The van der Waals surface area contributed by atoms with Gasteiger partial charge in [-0.2, -0.15) is 5.10 Å². The van der Waals surface area contributed by atoms with Gasteiger partial charge in [0.1, 0.15) is 5.69 Å². The van der Waals surface area contributed by atoms with Crippen LogP contribution in [-0.4, -0.2) is 22.2 Å². The van der Waals surface area contributed by atoms with E-state index in [9.17, 15) is 4.79 Å². The molecule has 0 bridgehead atoms. The summed E-state index contributed by atoms with van der Waals surface area (Å²) in [5.74, 6) is -0.160. The van der Waals surface area contributed by atoms with Crippen molar-refractivity contribution in [3.05, 3.63) is 84.6 Å².